The minimum absolute atomic E-state index is 0.974. The van der Waals surface area contributed by atoms with Crippen LogP contribution in [0, 0.1) is 0 Å². The van der Waals surface area contributed by atoms with Gasteiger partial charge in [0.15, 0.2) is 0 Å². The molecular formula is C46H30N6. The molecule has 0 bridgehead atoms. The Hall–Kier alpha value is -6.92. The average molecular weight is 667 g/mol. The molecule has 1 aliphatic rings. The fourth-order valence-corrected chi connectivity index (χ4v) is 8.33. The SMILES string of the molecule is c1ccc(-c2ccc3c(c2)c2cc4c(cc2n3-c2ccncc2)-c2cc3c(cc2CC4)c2cc(-c4ccccn4)ccc2n3-c2ccncc2)nc1. The first-order valence-corrected chi connectivity index (χ1v) is 17.6. The lowest BCUT2D eigenvalue weighted by atomic mass is 9.84. The van der Waals surface area contributed by atoms with Crippen LogP contribution >= 0.6 is 0 Å². The zero-order chi connectivity index (χ0) is 34.2. The highest BCUT2D eigenvalue weighted by Crippen LogP contribution is 2.44. The summed E-state index contributed by atoms with van der Waals surface area (Å²) in [5.74, 6) is 0. The van der Waals surface area contributed by atoms with Crippen molar-refractivity contribution in [2.24, 2.45) is 0 Å². The number of benzene rings is 4. The highest BCUT2D eigenvalue weighted by molar-refractivity contribution is 6.14. The maximum Gasteiger partial charge on any atom is 0.0702 e. The number of fused-ring (bicyclic) bond motifs is 9. The number of hydrogen-bond donors (Lipinski definition) is 0. The molecule has 52 heavy (non-hydrogen) atoms. The summed E-state index contributed by atoms with van der Waals surface area (Å²) in [4.78, 5) is 18.0. The van der Waals surface area contributed by atoms with Crippen molar-refractivity contribution in [3.05, 3.63) is 170 Å². The molecule has 6 heterocycles. The molecule has 6 nitrogen and oxygen atoms in total. The molecule has 244 valence electrons. The van der Waals surface area contributed by atoms with Gasteiger partial charge in [0, 0.05) is 81.2 Å². The quantitative estimate of drug-likeness (QED) is 0.188. The van der Waals surface area contributed by atoms with E-state index in [9.17, 15) is 0 Å². The number of pyridine rings is 4. The van der Waals surface area contributed by atoms with E-state index >= 15 is 0 Å². The van der Waals surface area contributed by atoms with E-state index in [4.69, 9.17) is 0 Å². The fourth-order valence-electron chi connectivity index (χ4n) is 8.33. The predicted octanol–water partition coefficient (Wildman–Crippen LogP) is 10.6. The summed E-state index contributed by atoms with van der Waals surface area (Å²) >= 11 is 0. The number of aryl methyl sites for hydroxylation is 2. The van der Waals surface area contributed by atoms with Crippen LogP contribution < -0.4 is 0 Å². The smallest absolute Gasteiger partial charge is 0.0702 e. The van der Waals surface area contributed by atoms with Crippen molar-refractivity contribution < 1.29 is 0 Å². The topological polar surface area (TPSA) is 61.4 Å². The number of rotatable bonds is 4. The van der Waals surface area contributed by atoms with Gasteiger partial charge in [-0.25, -0.2) is 0 Å². The van der Waals surface area contributed by atoms with Crippen molar-refractivity contribution >= 4 is 43.6 Å². The Morgan fingerprint density at radius 2 is 0.827 bits per heavy atom. The lowest BCUT2D eigenvalue weighted by molar-refractivity contribution is 0.946. The van der Waals surface area contributed by atoms with Crippen molar-refractivity contribution in [2.45, 2.75) is 12.8 Å². The van der Waals surface area contributed by atoms with Gasteiger partial charge < -0.3 is 9.13 Å². The van der Waals surface area contributed by atoms with E-state index in [-0.39, 0.29) is 0 Å². The van der Waals surface area contributed by atoms with Crippen LogP contribution in [0.15, 0.2) is 159 Å². The molecule has 0 atom stereocenters. The van der Waals surface area contributed by atoms with Gasteiger partial charge in [0.2, 0.25) is 0 Å². The van der Waals surface area contributed by atoms with Crippen LogP contribution in [0.4, 0.5) is 0 Å². The van der Waals surface area contributed by atoms with Gasteiger partial charge in [0.1, 0.15) is 0 Å². The van der Waals surface area contributed by atoms with Crippen molar-refractivity contribution in [3.63, 3.8) is 0 Å². The molecule has 0 N–H and O–H groups in total. The second-order valence-corrected chi connectivity index (χ2v) is 13.5. The normalized spacial score (nSPS) is 12.5. The third-order valence-corrected chi connectivity index (χ3v) is 10.7. The monoisotopic (exact) mass is 666 g/mol. The van der Waals surface area contributed by atoms with E-state index < -0.39 is 0 Å². The Labute approximate surface area is 299 Å². The van der Waals surface area contributed by atoms with E-state index in [2.05, 4.69) is 126 Å². The van der Waals surface area contributed by atoms with E-state index in [0.717, 1.165) is 46.7 Å². The summed E-state index contributed by atoms with van der Waals surface area (Å²) in [6.45, 7) is 0. The first kappa shape index (κ1) is 28.9. The second-order valence-electron chi connectivity index (χ2n) is 13.5. The zero-order valence-electron chi connectivity index (χ0n) is 28.1. The summed E-state index contributed by atoms with van der Waals surface area (Å²) in [7, 11) is 0. The van der Waals surface area contributed by atoms with Gasteiger partial charge in [0.05, 0.1) is 33.5 Å². The van der Waals surface area contributed by atoms with E-state index in [0.29, 0.717) is 0 Å². The third-order valence-electron chi connectivity index (χ3n) is 10.7. The third kappa shape index (κ3) is 4.37. The fraction of sp³-hybridized carbons (Fsp3) is 0.0435. The van der Waals surface area contributed by atoms with Crippen molar-refractivity contribution in [3.8, 4) is 45.0 Å². The average Bonchev–Trinajstić information content (AvgIpc) is 3.71. The van der Waals surface area contributed by atoms with Crippen molar-refractivity contribution in [2.75, 3.05) is 0 Å². The van der Waals surface area contributed by atoms with Crippen LogP contribution in [0.5, 0.6) is 0 Å². The van der Waals surface area contributed by atoms with Crippen LogP contribution in [0.3, 0.4) is 0 Å². The molecular weight excluding hydrogens is 637 g/mol. The molecule has 4 aromatic carbocycles. The molecule has 10 aromatic rings. The Kier molecular flexibility index (Phi) is 6.28. The molecule has 0 saturated carbocycles. The molecule has 6 heteroatoms. The van der Waals surface area contributed by atoms with Gasteiger partial charge in [-0.2, -0.15) is 0 Å². The van der Waals surface area contributed by atoms with Crippen LogP contribution in [-0.4, -0.2) is 29.1 Å². The van der Waals surface area contributed by atoms with Crippen molar-refractivity contribution in [1.82, 2.24) is 29.1 Å². The van der Waals surface area contributed by atoms with Gasteiger partial charge in [-0.15, -0.1) is 0 Å². The van der Waals surface area contributed by atoms with Crippen LogP contribution in [-0.2, 0) is 12.8 Å². The molecule has 0 aliphatic heterocycles. The number of nitrogens with zero attached hydrogens (tertiary/aromatic N) is 6. The first-order chi connectivity index (χ1) is 25.8. The summed E-state index contributed by atoms with van der Waals surface area (Å²) in [6, 6.07) is 43.7. The summed E-state index contributed by atoms with van der Waals surface area (Å²) in [5.41, 5.74) is 16.4. The minimum Gasteiger partial charge on any atom is -0.309 e. The maximum atomic E-state index is 4.66. The minimum atomic E-state index is 0.974. The molecule has 0 amide bonds. The Morgan fingerprint density at radius 3 is 1.25 bits per heavy atom. The maximum absolute atomic E-state index is 4.66. The van der Waals surface area contributed by atoms with Gasteiger partial charge in [-0.3, -0.25) is 19.9 Å². The van der Waals surface area contributed by atoms with E-state index in [1.54, 1.807) is 0 Å². The number of hydrogen-bond acceptors (Lipinski definition) is 4. The van der Waals surface area contributed by atoms with Crippen LogP contribution in [0.25, 0.3) is 88.6 Å². The second kappa shape index (κ2) is 11.3. The van der Waals surface area contributed by atoms with E-state index in [1.165, 1.54) is 65.9 Å². The Bertz CT molecular complexity index is 2780. The Balaban J connectivity index is 1.18. The molecule has 0 unspecified atom stereocenters. The van der Waals surface area contributed by atoms with Crippen molar-refractivity contribution in [1.29, 1.82) is 0 Å². The molecule has 0 saturated heterocycles. The predicted molar refractivity (Wildman–Crippen MR) is 210 cm³/mol. The lowest BCUT2D eigenvalue weighted by Crippen LogP contribution is -2.05. The highest BCUT2D eigenvalue weighted by Gasteiger charge is 2.24. The van der Waals surface area contributed by atoms with Gasteiger partial charge >= 0.3 is 0 Å². The largest absolute Gasteiger partial charge is 0.309 e. The molecule has 0 spiro atoms. The summed E-state index contributed by atoms with van der Waals surface area (Å²) in [6.07, 6.45) is 13.2. The zero-order valence-corrected chi connectivity index (χ0v) is 28.1. The first-order valence-electron chi connectivity index (χ1n) is 17.6. The Morgan fingerprint density at radius 1 is 0.385 bits per heavy atom. The summed E-state index contributed by atoms with van der Waals surface area (Å²) in [5, 5.41) is 4.95. The molecule has 6 aromatic heterocycles. The highest BCUT2D eigenvalue weighted by atomic mass is 15.0. The van der Waals surface area contributed by atoms with Gasteiger partial charge in [-0.05, 0) is 132 Å². The molecule has 0 fully saturated rings. The lowest BCUT2D eigenvalue weighted by Gasteiger charge is -2.21. The van der Waals surface area contributed by atoms with Crippen LogP contribution in [0.1, 0.15) is 11.1 Å². The molecule has 1 aliphatic carbocycles. The standard InChI is InChI=1S/C46H30N6/c1-3-17-49-41(5-1)31-9-11-43-37(25-31)39-23-29-7-8-30-24-40-38-26-32(42-6-2-4-18-50-42)10-12-44(38)52(34-15-21-48-22-16-34)46(40)28-36(30)35(29)27-45(39)51(43)33-13-19-47-20-14-33/h1-6,9-28H,7-8H2. The number of aromatic nitrogens is 6. The van der Waals surface area contributed by atoms with Gasteiger partial charge in [0.25, 0.3) is 0 Å². The van der Waals surface area contributed by atoms with Crippen LogP contribution in [0.2, 0.25) is 0 Å². The molecule has 11 rings (SSSR count). The molecule has 0 radical (unpaired) electrons. The van der Waals surface area contributed by atoms with E-state index in [1.807, 2.05) is 61.4 Å². The van der Waals surface area contributed by atoms with Gasteiger partial charge in [-0.1, -0.05) is 24.3 Å². The summed E-state index contributed by atoms with van der Waals surface area (Å²) < 4.78 is 4.77.